The van der Waals surface area contributed by atoms with Gasteiger partial charge in [-0.15, -0.1) is 0 Å². The lowest BCUT2D eigenvalue weighted by atomic mass is 9.81. The summed E-state index contributed by atoms with van der Waals surface area (Å²) in [6.07, 6.45) is 4.13. The van der Waals surface area contributed by atoms with Crippen molar-refractivity contribution in [3.05, 3.63) is 27.8 Å². The lowest BCUT2D eigenvalue weighted by Gasteiger charge is -2.30. The molecule has 7 heteroatoms. The molecular formula is C15H22N2O5. The Morgan fingerprint density at radius 1 is 1.36 bits per heavy atom. The maximum atomic E-state index is 11.0. The molecule has 2 atom stereocenters. The van der Waals surface area contributed by atoms with Crippen molar-refractivity contribution >= 4 is 5.69 Å². The summed E-state index contributed by atoms with van der Waals surface area (Å²) >= 11 is 0. The predicted octanol–water partition coefficient (Wildman–Crippen LogP) is 2.25. The van der Waals surface area contributed by atoms with E-state index in [0.29, 0.717) is 0 Å². The Kier molecular flexibility index (Phi) is 5.20. The second kappa shape index (κ2) is 6.93. The molecule has 0 heterocycles. The van der Waals surface area contributed by atoms with Gasteiger partial charge in [-0.1, -0.05) is 19.3 Å². The fourth-order valence-electron chi connectivity index (χ4n) is 3.08. The minimum Gasteiger partial charge on any atom is -0.504 e. The molecule has 0 amide bonds. The van der Waals surface area contributed by atoms with Gasteiger partial charge in [0.15, 0.2) is 11.5 Å². The molecule has 1 saturated carbocycles. The zero-order valence-corrected chi connectivity index (χ0v) is 12.6. The first-order chi connectivity index (χ1) is 10.5. The van der Waals surface area contributed by atoms with Crippen molar-refractivity contribution in [2.45, 2.75) is 44.2 Å². The average Bonchev–Trinajstić information content (AvgIpc) is 2.54. The first-order valence-corrected chi connectivity index (χ1v) is 7.44. The minimum absolute atomic E-state index is 0.0181. The topological polar surface area (TPSA) is 119 Å². The standard InChI is InChI=1S/C15H22N2O5/c1-22-12-8-10(17(20)21)7-11(15(12)19)13(16)14(18)9-5-3-2-4-6-9/h7-9,13-14,18-19H,2-6,16H2,1H3/t13-,14+/m0/s1. The lowest BCUT2D eigenvalue weighted by Crippen LogP contribution is -2.34. The van der Waals surface area contributed by atoms with Crippen LogP contribution in [-0.4, -0.2) is 28.4 Å². The Bertz CT molecular complexity index is 543. The third-order valence-electron chi connectivity index (χ3n) is 4.38. The summed E-state index contributed by atoms with van der Waals surface area (Å²) < 4.78 is 4.96. The van der Waals surface area contributed by atoms with Crippen LogP contribution in [0.4, 0.5) is 5.69 Å². The highest BCUT2D eigenvalue weighted by Gasteiger charge is 2.31. The summed E-state index contributed by atoms with van der Waals surface area (Å²) in [6.45, 7) is 0. The van der Waals surface area contributed by atoms with E-state index in [1.165, 1.54) is 13.2 Å². The van der Waals surface area contributed by atoms with E-state index in [1.807, 2.05) is 0 Å². The van der Waals surface area contributed by atoms with Crippen molar-refractivity contribution in [2.24, 2.45) is 11.7 Å². The zero-order chi connectivity index (χ0) is 16.3. The van der Waals surface area contributed by atoms with Crippen LogP contribution in [0.25, 0.3) is 0 Å². The number of rotatable bonds is 5. The molecule has 0 aromatic heterocycles. The van der Waals surface area contributed by atoms with Gasteiger partial charge in [0, 0.05) is 11.6 Å². The van der Waals surface area contributed by atoms with Crippen LogP contribution in [0.2, 0.25) is 0 Å². The van der Waals surface area contributed by atoms with Crippen LogP contribution in [0, 0.1) is 16.0 Å². The molecule has 0 spiro atoms. The van der Waals surface area contributed by atoms with Crippen molar-refractivity contribution < 1.29 is 19.9 Å². The number of nitro groups is 1. The highest BCUT2D eigenvalue weighted by Crippen LogP contribution is 2.40. The average molecular weight is 310 g/mol. The summed E-state index contributed by atoms with van der Waals surface area (Å²) in [7, 11) is 1.31. The first kappa shape index (κ1) is 16.5. The van der Waals surface area contributed by atoms with Gasteiger partial charge in [0.2, 0.25) is 0 Å². The van der Waals surface area contributed by atoms with E-state index in [2.05, 4.69) is 0 Å². The Morgan fingerprint density at radius 3 is 2.55 bits per heavy atom. The second-order valence-corrected chi connectivity index (χ2v) is 5.76. The van der Waals surface area contributed by atoms with Gasteiger partial charge in [0.25, 0.3) is 5.69 Å². The van der Waals surface area contributed by atoms with Gasteiger partial charge < -0.3 is 20.7 Å². The van der Waals surface area contributed by atoms with Crippen LogP contribution in [0.3, 0.4) is 0 Å². The molecule has 0 unspecified atom stereocenters. The van der Waals surface area contributed by atoms with Gasteiger partial charge >= 0.3 is 0 Å². The lowest BCUT2D eigenvalue weighted by molar-refractivity contribution is -0.385. The maximum absolute atomic E-state index is 11.0. The van der Waals surface area contributed by atoms with Crippen molar-refractivity contribution in [3.63, 3.8) is 0 Å². The molecule has 122 valence electrons. The number of aliphatic hydroxyl groups excluding tert-OH is 1. The van der Waals surface area contributed by atoms with Crippen LogP contribution in [0.5, 0.6) is 11.5 Å². The highest BCUT2D eigenvalue weighted by atomic mass is 16.6. The Morgan fingerprint density at radius 2 is 2.00 bits per heavy atom. The number of hydrogen-bond acceptors (Lipinski definition) is 6. The van der Waals surface area contributed by atoms with E-state index in [-0.39, 0.29) is 28.7 Å². The molecule has 0 saturated heterocycles. The normalized spacial score (nSPS) is 18.7. The monoisotopic (exact) mass is 310 g/mol. The third-order valence-corrected chi connectivity index (χ3v) is 4.38. The smallest absolute Gasteiger partial charge is 0.273 e. The number of benzene rings is 1. The molecule has 7 nitrogen and oxygen atoms in total. The molecule has 1 fully saturated rings. The second-order valence-electron chi connectivity index (χ2n) is 5.76. The zero-order valence-electron chi connectivity index (χ0n) is 12.6. The number of nitro benzene ring substituents is 1. The van der Waals surface area contributed by atoms with E-state index in [9.17, 15) is 20.3 Å². The van der Waals surface area contributed by atoms with Crippen LogP contribution >= 0.6 is 0 Å². The molecule has 0 radical (unpaired) electrons. The Hall–Kier alpha value is -1.86. The van der Waals surface area contributed by atoms with Crippen LogP contribution < -0.4 is 10.5 Å². The molecule has 2 rings (SSSR count). The molecule has 0 bridgehead atoms. The molecular weight excluding hydrogens is 288 g/mol. The number of ether oxygens (including phenoxy) is 1. The van der Waals surface area contributed by atoms with Gasteiger partial charge in [-0.25, -0.2) is 0 Å². The number of phenols is 1. The summed E-state index contributed by atoms with van der Waals surface area (Å²) in [6, 6.07) is 1.45. The van der Waals surface area contributed by atoms with E-state index in [4.69, 9.17) is 10.5 Å². The molecule has 1 aromatic rings. The number of phenolic OH excluding ortho intramolecular Hbond substituents is 1. The fraction of sp³-hybridized carbons (Fsp3) is 0.600. The van der Waals surface area contributed by atoms with Crippen molar-refractivity contribution in [3.8, 4) is 11.5 Å². The number of hydrogen-bond donors (Lipinski definition) is 3. The molecule has 1 aromatic carbocycles. The number of aliphatic hydroxyl groups is 1. The number of methoxy groups -OCH3 is 1. The van der Waals surface area contributed by atoms with Gasteiger partial charge in [-0.2, -0.15) is 0 Å². The summed E-state index contributed by atoms with van der Waals surface area (Å²) in [5.74, 6) is -0.223. The van der Waals surface area contributed by atoms with Gasteiger partial charge in [-0.3, -0.25) is 10.1 Å². The van der Waals surface area contributed by atoms with E-state index >= 15 is 0 Å². The Labute approximate surface area is 128 Å². The number of aromatic hydroxyl groups is 1. The first-order valence-electron chi connectivity index (χ1n) is 7.44. The molecule has 1 aliphatic rings. The van der Waals surface area contributed by atoms with E-state index in [1.54, 1.807) is 0 Å². The predicted molar refractivity (Wildman–Crippen MR) is 80.8 cm³/mol. The van der Waals surface area contributed by atoms with Gasteiger partial charge in [0.1, 0.15) is 0 Å². The van der Waals surface area contributed by atoms with Crippen LogP contribution in [0.1, 0.15) is 43.7 Å². The minimum atomic E-state index is -0.892. The summed E-state index contributed by atoms with van der Waals surface area (Å²) in [4.78, 5) is 10.4. The molecule has 0 aliphatic heterocycles. The van der Waals surface area contributed by atoms with E-state index in [0.717, 1.165) is 38.2 Å². The molecule has 1 aliphatic carbocycles. The molecule has 22 heavy (non-hydrogen) atoms. The van der Waals surface area contributed by atoms with Crippen molar-refractivity contribution in [2.75, 3.05) is 7.11 Å². The largest absolute Gasteiger partial charge is 0.504 e. The van der Waals surface area contributed by atoms with Crippen LogP contribution in [-0.2, 0) is 0 Å². The highest BCUT2D eigenvalue weighted by molar-refractivity contribution is 5.54. The van der Waals surface area contributed by atoms with Gasteiger partial charge in [-0.05, 0) is 18.8 Å². The number of nitrogens with zero attached hydrogens (tertiary/aromatic N) is 1. The fourth-order valence-corrected chi connectivity index (χ4v) is 3.08. The summed E-state index contributed by atoms with van der Waals surface area (Å²) in [5, 5.41) is 31.6. The van der Waals surface area contributed by atoms with Crippen molar-refractivity contribution in [1.29, 1.82) is 0 Å². The Balaban J connectivity index is 2.32. The van der Waals surface area contributed by atoms with Gasteiger partial charge in [0.05, 0.1) is 30.2 Å². The quantitative estimate of drug-likeness (QED) is 0.567. The number of nitrogens with two attached hydrogens (primary N) is 1. The number of non-ortho nitro benzene ring substituents is 1. The SMILES string of the molecule is COc1cc([N+](=O)[O-])cc([C@H](N)[C@H](O)C2CCCCC2)c1O. The van der Waals surface area contributed by atoms with Crippen LogP contribution in [0.15, 0.2) is 12.1 Å². The maximum Gasteiger partial charge on any atom is 0.273 e. The summed E-state index contributed by atoms with van der Waals surface area (Å²) in [5.41, 5.74) is 5.99. The molecule has 4 N–H and O–H groups in total. The van der Waals surface area contributed by atoms with Crippen molar-refractivity contribution in [1.82, 2.24) is 0 Å². The van der Waals surface area contributed by atoms with E-state index < -0.39 is 17.1 Å². The third kappa shape index (κ3) is 3.31.